The average Bonchev–Trinajstić information content (AvgIpc) is 2.11. The highest BCUT2D eigenvalue weighted by atomic mass is 15.1. The second-order valence-corrected chi connectivity index (χ2v) is 4.45. The van der Waals surface area contributed by atoms with Crippen LogP contribution in [0.4, 0.5) is 0 Å². The van der Waals surface area contributed by atoms with Crippen LogP contribution in [0.3, 0.4) is 0 Å². The molecule has 0 atom stereocenters. The summed E-state index contributed by atoms with van der Waals surface area (Å²) in [4.78, 5) is 2.41. The van der Waals surface area contributed by atoms with Gasteiger partial charge in [0.1, 0.15) is 0 Å². The van der Waals surface area contributed by atoms with Crippen LogP contribution in [0.5, 0.6) is 0 Å². The molecule has 1 fully saturated rings. The van der Waals surface area contributed by atoms with Gasteiger partial charge in [0.05, 0.1) is 0 Å². The lowest BCUT2D eigenvalue weighted by molar-refractivity contribution is 0.170. The molecule has 1 nitrogen and oxygen atoms in total. The van der Waals surface area contributed by atoms with Gasteiger partial charge in [-0.2, -0.15) is 0 Å². The molecule has 0 unspecified atom stereocenters. The predicted octanol–water partition coefficient (Wildman–Crippen LogP) is 2.85. The van der Waals surface area contributed by atoms with Crippen LogP contribution in [0.25, 0.3) is 0 Å². The molecule has 1 heterocycles. The second-order valence-electron chi connectivity index (χ2n) is 4.45. The van der Waals surface area contributed by atoms with Gasteiger partial charge in [-0.05, 0) is 45.3 Å². The second kappa shape index (κ2) is 4.10. The van der Waals surface area contributed by atoms with Crippen molar-refractivity contribution in [2.45, 2.75) is 26.7 Å². The van der Waals surface area contributed by atoms with E-state index in [0.29, 0.717) is 5.41 Å². The van der Waals surface area contributed by atoms with Gasteiger partial charge < -0.3 is 4.90 Å². The van der Waals surface area contributed by atoms with Gasteiger partial charge in [-0.1, -0.05) is 31.2 Å². The smallest absolute Gasteiger partial charge is 0.00135 e. The van der Waals surface area contributed by atoms with Crippen molar-refractivity contribution in [1.82, 2.24) is 4.90 Å². The highest BCUT2D eigenvalue weighted by Crippen LogP contribution is 2.37. The number of rotatable bonds is 2. The number of hydrogen-bond donors (Lipinski definition) is 0. The first kappa shape index (κ1) is 10.5. The number of allylic oxidation sites excluding steroid dienone is 3. The van der Waals surface area contributed by atoms with E-state index in [1.807, 2.05) is 6.08 Å². The summed E-state index contributed by atoms with van der Waals surface area (Å²) in [5.74, 6) is 0. The quantitative estimate of drug-likeness (QED) is 0.589. The minimum atomic E-state index is 0.417. The van der Waals surface area contributed by atoms with Crippen LogP contribution in [-0.2, 0) is 0 Å². The van der Waals surface area contributed by atoms with Gasteiger partial charge >= 0.3 is 0 Å². The maximum atomic E-state index is 3.75. The number of piperidine rings is 1. The van der Waals surface area contributed by atoms with Crippen molar-refractivity contribution in [2.24, 2.45) is 5.41 Å². The van der Waals surface area contributed by atoms with Crippen LogP contribution in [0.1, 0.15) is 26.7 Å². The zero-order valence-corrected chi connectivity index (χ0v) is 9.14. The first-order valence-electron chi connectivity index (χ1n) is 5.07. The molecule has 13 heavy (non-hydrogen) atoms. The van der Waals surface area contributed by atoms with Gasteiger partial charge in [0.15, 0.2) is 0 Å². The van der Waals surface area contributed by atoms with E-state index in [2.05, 4.69) is 38.5 Å². The van der Waals surface area contributed by atoms with Gasteiger partial charge in [0.25, 0.3) is 0 Å². The number of nitrogens with zero attached hydrogens (tertiary/aromatic N) is 1. The van der Waals surface area contributed by atoms with Crippen LogP contribution in [0.15, 0.2) is 24.3 Å². The molecule has 0 radical (unpaired) electrons. The molecule has 0 amide bonds. The molecule has 0 aromatic rings. The van der Waals surface area contributed by atoms with Gasteiger partial charge in [0.2, 0.25) is 0 Å². The van der Waals surface area contributed by atoms with E-state index in [1.54, 1.807) is 0 Å². The molecule has 1 heteroatoms. The first-order chi connectivity index (χ1) is 6.08. The fourth-order valence-corrected chi connectivity index (χ4v) is 1.88. The normalized spacial score (nSPS) is 24.4. The molecule has 1 aliphatic heterocycles. The van der Waals surface area contributed by atoms with Crippen LogP contribution in [0.2, 0.25) is 0 Å². The maximum absolute atomic E-state index is 3.75. The molecule has 0 bridgehead atoms. The first-order valence-corrected chi connectivity index (χ1v) is 5.07. The Morgan fingerprint density at radius 1 is 1.38 bits per heavy atom. The van der Waals surface area contributed by atoms with E-state index in [4.69, 9.17) is 0 Å². The Balaban J connectivity index is 2.66. The summed E-state index contributed by atoms with van der Waals surface area (Å²) in [6, 6.07) is 0. The minimum Gasteiger partial charge on any atom is -0.306 e. The molecular formula is C12H21N. The van der Waals surface area contributed by atoms with Crippen LogP contribution in [0, 0.1) is 5.41 Å². The summed E-state index contributed by atoms with van der Waals surface area (Å²) in [6.07, 6.45) is 6.61. The highest BCUT2D eigenvalue weighted by Gasteiger charge is 2.29. The summed E-state index contributed by atoms with van der Waals surface area (Å²) >= 11 is 0. The predicted molar refractivity (Wildman–Crippen MR) is 58.8 cm³/mol. The summed E-state index contributed by atoms with van der Waals surface area (Å²) in [7, 11) is 2.20. The van der Waals surface area contributed by atoms with Crippen molar-refractivity contribution in [2.75, 3.05) is 20.1 Å². The molecule has 1 saturated heterocycles. The zero-order chi connectivity index (χ0) is 9.90. The molecule has 0 aromatic carbocycles. The van der Waals surface area contributed by atoms with E-state index in [0.717, 1.165) is 0 Å². The Bertz CT molecular complexity index is 207. The van der Waals surface area contributed by atoms with Crippen molar-refractivity contribution in [3.63, 3.8) is 0 Å². The summed E-state index contributed by atoms with van der Waals surface area (Å²) in [6.45, 7) is 10.8. The van der Waals surface area contributed by atoms with E-state index in [1.165, 1.54) is 31.5 Å². The third-order valence-electron chi connectivity index (χ3n) is 3.41. The van der Waals surface area contributed by atoms with Gasteiger partial charge in [-0.25, -0.2) is 0 Å². The third-order valence-corrected chi connectivity index (χ3v) is 3.41. The van der Waals surface area contributed by atoms with Crippen molar-refractivity contribution in [3.8, 4) is 0 Å². The SMILES string of the molecule is C=C/C=C(\C)C1(C)CCN(C)CC1. The fraction of sp³-hybridized carbons (Fsp3) is 0.667. The highest BCUT2D eigenvalue weighted by molar-refractivity contribution is 5.17. The van der Waals surface area contributed by atoms with Gasteiger partial charge in [0, 0.05) is 0 Å². The van der Waals surface area contributed by atoms with Crippen LogP contribution < -0.4 is 0 Å². The largest absolute Gasteiger partial charge is 0.306 e. The molecule has 0 N–H and O–H groups in total. The Morgan fingerprint density at radius 3 is 2.38 bits per heavy atom. The molecular weight excluding hydrogens is 158 g/mol. The van der Waals surface area contributed by atoms with Crippen LogP contribution in [-0.4, -0.2) is 25.0 Å². The van der Waals surface area contributed by atoms with Crippen molar-refractivity contribution in [1.29, 1.82) is 0 Å². The van der Waals surface area contributed by atoms with Gasteiger partial charge in [-0.15, -0.1) is 0 Å². The van der Waals surface area contributed by atoms with Crippen LogP contribution >= 0.6 is 0 Å². The Hall–Kier alpha value is -0.560. The lowest BCUT2D eigenvalue weighted by atomic mass is 9.74. The summed E-state index contributed by atoms with van der Waals surface area (Å²) < 4.78 is 0. The van der Waals surface area contributed by atoms with Crippen molar-refractivity contribution < 1.29 is 0 Å². The molecule has 0 aromatic heterocycles. The van der Waals surface area contributed by atoms with E-state index in [9.17, 15) is 0 Å². The standard InChI is InChI=1S/C12H21N/c1-5-6-11(2)12(3)7-9-13(4)10-8-12/h5-6H,1,7-10H2,2-4H3/b11-6+. The summed E-state index contributed by atoms with van der Waals surface area (Å²) in [5, 5.41) is 0. The summed E-state index contributed by atoms with van der Waals surface area (Å²) in [5.41, 5.74) is 1.90. The topological polar surface area (TPSA) is 3.24 Å². The molecule has 0 spiro atoms. The van der Waals surface area contributed by atoms with Crippen molar-refractivity contribution in [3.05, 3.63) is 24.3 Å². The monoisotopic (exact) mass is 179 g/mol. The van der Waals surface area contributed by atoms with E-state index >= 15 is 0 Å². The molecule has 74 valence electrons. The Kier molecular flexibility index (Phi) is 3.32. The minimum absolute atomic E-state index is 0.417. The maximum Gasteiger partial charge on any atom is -0.00135 e. The number of likely N-dealkylation sites (tertiary alicyclic amines) is 1. The van der Waals surface area contributed by atoms with Crippen molar-refractivity contribution >= 4 is 0 Å². The number of hydrogen-bond acceptors (Lipinski definition) is 1. The lowest BCUT2D eigenvalue weighted by Crippen LogP contribution is -2.36. The average molecular weight is 179 g/mol. The van der Waals surface area contributed by atoms with Gasteiger partial charge in [-0.3, -0.25) is 0 Å². The third kappa shape index (κ3) is 2.44. The molecule has 1 rings (SSSR count). The van der Waals surface area contributed by atoms with E-state index < -0.39 is 0 Å². The molecule has 1 aliphatic rings. The lowest BCUT2D eigenvalue weighted by Gasteiger charge is -2.38. The molecule has 0 aliphatic carbocycles. The fourth-order valence-electron chi connectivity index (χ4n) is 1.88. The Morgan fingerprint density at radius 2 is 1.92 bits per heavy atom. The molecule has 0 saturated carbocycles. The van der Waals surface area contributed by atoms with E-state index in [-0.39, 0.29) is 0 Å². The zero-order valence-electron chi connectivity index (χ0n) is 9.14. The Labute approximate surface area is 82.1 Å².